The van der Waals surface area contributed by atoms with E-state index in [0.29, 0.717) is 11.8 Å². The first-order valence-corrected chi connectivity index (χ1v) is 6.85. The minimum absolute atomic E-state index is 0.355. The van der Waals surface area contributed by atoms with Crippen LogP contribution in [0.3, 0.4) is 0 Å². The third-order valence-electron chi connectivity index (χ3n) is 4.64. The van der Waals surface area contributed by atoms with Gasteiger partial charge in [-0.05, 0) is 12.5 Å². The van der Waals surface area contributed by atoms with Crippen LogP contribution in [0.25, 0.3) is 0 Å². The van der Waals surface area contributed by atoms with Gasteiger partial charge in [-0.15, -0.1) is 0 Å². The predicted molar refractivity (Wildman–Crippen MR) is 72.2 cm³/mol. The molecular formula is C15H22N2O. The van der Waals surface area contributed by atoms with Gasteiger partial charge in [-0.25, -0.2) is 0 Å². The zero-order chi connectivity index (χ0) is 12.6. The second-order valence-corrected chi connectivity index (χ2v) is 5.96. The second-order valence-electron chi connectivity index (χ2n) is 5.96. The van der Waals surface area contributed by atoms with Crippen molar-refractivity contribution >= 4 is 0 Å². The Morgan fingerprint density at radius 3 is 2.44 bits per heavy atom. The van der Waals surface area contributed by atoms with Crippen LogP contribution in [0.15, 0.2) is 30.3 Å². The summed E-state index contributed by atoms with van der Waals surface area (Å²) in [5.41, 5.74) is 0.878. The molecule has 2 bridgehead atoms. The molecule has 0 radical (unpaired) electrons. The maximum Gasteiger partial charge on any atom is 0.0724 e. The van der Waals surface area contributed by atoms with Crippen LogP contribution in [0.1, 0.15) is 12.5 Å². The monoisotopic (exact) mass is 246 g/mol. The lowest BCUT2D eigenvalue weighted by molar-refractivity contribution is -0.120. The molecule has 1 aromatic carbocycles. The van der Waals surface area contributed by atoms with Crippen molar-refractivity contribution in [2.75, 3.05) is 26.2 Å². The largest absolute Gasteiger partial charge is 0.389 e. The Morgan fingerprint density at radius 2 is 1.83 bits per heavy atom. The SMILES string of the molecule is CC1(O)C2CNCC1CN(Cc1ccccc1)C2. The summed E-state index contributed by atoms with van der Waals surface area (Å²) >= 11 is 0. The molecule has 98 valence electrons. The lowest BCUT2D eigenvalue weighted by Crippen LogP contribution is -2.64. The number of hydrogen-bond acceptors (Lipinski definition) is 3. The Morgan fingerprint density at radius 1 is 1.22 bits per heavy atom. The molecule has 2 atom stereocenters. The van der Waals surface area contributed by atoms with Crippen molar-refractivity contribution in [2.45, 2.75) is 19.1 Å². The van der Waals surface area contributed by atoms with Gasteiger partial charge >= 0.3 is 0 Å². The maximum absolute atomic E-state index is 10.6. The molecule has 2 heterocycles. The van der Waals surface area contributed by atoms with Gasteiger partial charge < -0.3 is 10.4 Å². The molecule has 2 N–H and O–H groups in total. The third-order valence-corrected chi connectivity index (χ3v) is 4.64. The molecule has 2 unspecified atom stereocenters. The van der Waals surface area contributed by atoms with Crippen molar-refractivity contribution in [3.05, 3.63) is 35.9 Å². The molecule has 0 saturated carbocycles. The van der Waals surface area contributed by atoms with Crippen LogP contribution in [-0.2, 0) is 6.54 Å². The Balaban J connectivity index is 1.70. The molecule has 0 amide bonds. The van der Waals surface area contributed by atoms with E-state index in [1.165, 1.54) is 5.56 Å². The molecule has 1 aromatic rings. The summed E-state index contributed by atoms with van der Waals surface area (Å²) in [5, 5.41) is 14.0. The maximum atomic E-state index is 10.6. The van der Waals surface area contributed by atoms with E-state index in [4.69, 9.17) is 0 Å². The molecular weight excluding hydrogens is 224 g/mol. The fourth-order valence-electron chi connectivity index (χ4n) is 3.35. The van der Waals surface area contributed by atoms with Crippen molar-refractivity contribution in [3.63, 3.8) is 0 Å². The molecule has 0 aliphatic carbocycles. The number of hydrogen-bond donors (Lipinski definition) is 2. The first-order valence-electron chi connectivity index (χ1n) is 6.85. The minimum atomic E-state index is -0.488. The van der Waals surface area contributed by atoms with Gasteiger partial charge in [0.2, 0.25) is 0 Å². The van der Waals surface area contributed by atoms with Crippen LogP contribution in [0.2, 0.25) is 0 Å². The fourth-order valence-corrected chi connectivity index (χ4v) is 3.35. The molecule has 3 heteroatoms. The summed E-state index contributed by atoms with van der Waals surface area (Å²) in [6, 6.07) is 10.6. The summed E-state index contributed by atoms with van der Waals surface area (Å²) in [4.78, 5) is 2.49. The normalized spacial score (nSPS) is 36.6. The smallest absolute Gasteiger partial charge is 0.0724 e. The first-order chi connectivity index (χ1) is 8.66. The van der Waals surface area contributed by atoms with Gasteiger partial charge in [-0.3, -0.25) is 4.90 Å². The minimum Gasteiger partial charge on any atom is -0.389 e. The molecule has 3 rings (SSSR count). The standard InChI is InChI=1S/C15H22N2O/c1-15(18)13-7-16-8-14(15)11-17(10-13)9-12-5-3-2-4-6-12/h2-6,13-14,16,18H,7-11H2,1H3. The highest BCUT2D eigenvalue weighted by Crippen LogP contribution is 2.35. The van der Waals surface area contributed by atoms with Crippen LogP contribution in [0.4, 0.5) is 0 Å². The second kappa shape index (κ2) is 4.65. The van der Waals surface area contributed by atoms with Gasteiger partial charge in [0, 0.05) is 44.6 Å². The molecule has 2 aliphatic rings. The van der Waals surface area contributed by atoms with Gasteiger partial charge in [-0.2, -0.15) is 0 Å². The van der Waals surface area contributed by atoms with E-state index in [0.717, 1.165) is 32.7 Å². The highest BCUT2D eigenvalue weighted by molar-refractivity contribution is 5.15. The van der Waals surface area contributed by atoms with Gasteiger partial charge in [-0.1, -0.05) is 30.3 Å². The molecule has 0 spiro atoms. The number of fused-ring (bicyclic) bond motifs is 2. The van der Waals surface area contributed by atoms with E-state index in [1.807, 2.05) is 6.92 Å². The average molecular weight is 246 g/mol. The number of rotatable bonds is 2. The Bertz CT molecular complexity index is 388. The number of nitrogens with one attached hydrogen (secondary N) is 1. The van der Waals surface area contributed by atoms with Gasteiger partial charge in [0.05, 0.1) is 5.60 Å². The van der Waals surface area contributed by atoms with Crippen LogP contribution >= 0.6 is 0 Å². The van der Waals surface area contributed by atoms with Crippen molar-refractivity contribution < 1.29 is 5.11 Å². The van der Waals surface area contributed by atoms with Crippen LogP contribution < -0.4 is 5.32 Å². The summed E-state index contributed by atoms with van der Waals surface area (Å²) in [7, 11) is 0. The molecule has 0 aromatic heterocycles. The number of piperidine rings is 2. The van der Waals surface area contributed by atoms with E-state index >= 15 is 0 Å². The van der Waals surface area contributed by atoms with Gasteiger partial charge in [0.15, 0.2) is 0 Å². The number of nitrogens with zero attached hydrogens (tertiary/aromatic N) is 1. The highest BCUT2D eigenvalue weighted by atomic mass is 16.3. The Hall–Kier alpha value is -0.900. The van der Waals surface area contributed by atoms with Crippen molar-refractivity contribution in [3.8, 4) is 0 Å². The van der Waals surface area contributed by atoms with Crippen LogP contribution in [0.5, 0.6) is 0 Å². The fraction of sp³-hybridized carbons (Fsp3) is 0.600. The third kappa shape index (κ3) is 2.18. The van der Waals surface area contributed by atoms with Gasteiger partial charge in [0.1, 0.15) is 0 Å². The van der Waals surface area contributed by atoms with Crippen molar-refractivity contribution in [2.24, 2.45) is 11.8 Å². The van der Waals surface area contributed by atoms with Crippen LogP contribution in [-0.4, -0.2) is 41.8 Å². The van der Waals surface area contributed by atoms with Crippen molar-refractivity contribution in [1.82, 2.24) is 10.2 Å². The molecule has 18 heavy (non-hydrogen) atoms. The Labute approximate surface area is 109 Å². The summed E-state index contributed by atoms with van der Waals surface area (Å²) in [6.45, 7) is 6.88. The van der Waals surface area contributed by atoms with E-state index in [2.05, 4.69) is 40.5 Å². The lowest BCUT2D eigenvalue weighted by Gasteiger charge is -2.51. The molecule has 2 saturated heterocycles. The molecule has 3 nitrogen and oxygen atoms in total. The molecule has 2 aliphatic heterocycles. The van der Waals surface area contributed by atoms with Gasteiger partial charge in [0.25, 0.3) is 0 Å². The van der Waals surface area contributed by atoms with E-state index < -0.39 is 5.60 Å². The van der Waals surface area contributed by atoms with Crippen molar-refractivity contribution in [1.29, 1.82) is 0 Å². The lowest BCUT2D eigenvalue weighted by atomic mass is 9.72. The van der Waals surface area contributed by atoms with Crippen LogP contribution in [0, 0.1) is 11.8 Å². The average Bonchev–Trinajstić information content (AvgIpc) is 2.31. The Kier molecular flexibility index (Phi) is 3.14. The zero-order valence-corrected chi connectivity index (χ0v) is 11.0. The molecule has 2 fully saturated rings. The van der Waals surface area contributed by atoms with E-state index in [1.54, 1.807) is 0 Å². The summed E-state index contributed by atoms with van der Waals surface area (Å²) in [5.74, 6) is 0.711. The topological polar surface area (TPSA) is 35.5 Å². The first kappa shape index (κ1) is 12.2. The number of benzene rings is 1. The quantitative estimate of drug-likeness (QED) is 0.820. The highest BCUT2D eigenvalue weighted by Gasteiger charge is 2.47. The van der Waals surface area contributed by atoms with E-state index in [9.17, 15) is 5.11 Å². The predicted octanol–water partition coefficient (Wildman–Crippen LogP) is 1.09. The zero-order valence-electron chi connectivity index (χ0n) is 11.0. The number of likely N-dealkylation sites (tertiary alicyclic amines) is 1. The summed E-state index contributed by atoms with van der Waals surface area (Å²) in [6.07, 6.45) is 0. The summed E-state index contributed by atoms with van der Waals surface area (Å²) < 4.78 is 0. The van der Waals surface area contributed by atoms with E-state index in [-0.39, 0.29) is 0 Å². The number of aliphatic hydroxyl groups is 1.